The van der Waals surface area contributed by atoms with E-state index in [2.05, 4.69) is 0 Å². The van der Waals surface area contributed by atoms with Crippen molar-refractivity contribution in [1.29, 1.82) is 5.26 Å². The van der Waals surface area contributed by atoms with E-state index in [4.69, 9.17) is 10.4 Å². The lowest BCUT2D eigenvalue weighted by Crippen LogP contribution is -2.41. The fourth-order valence-electron chi connectivity index (χ4n) is 1.76. The van der Waals surface area contributed by atoms with Gasteiger partial charge in [0.2, 0.25) is 10.0 Å². The third-order valence-corrected chi connectivity index (χ3v) is 4.19. The molecule has 21 heavy (non-hydrogen) atoms. The Morgan fingerprint density at radius 2 is 2.10 bits per heavy atom. The van der Waals surface area contributed by atoms with E-state index in [0.717, 1.165) is 18.2 Å². The monoisotopic (exact) mass is 314 g/mol. The van der Waals surface area contributed by atoms with Crippen LogP contribution in [0.2, 0.25) is 0 Å². The van der Waals surface area contributed by atoms with Crippen molar-refractivity contribution >= 4 is 16.0 Å². The van der Waals surface area contributed by atoms with Gasteiger partial charge in [-0.3, -0.25) is 4.79 Å². The Kier molecular flexibility index (Phi) is 5.41. The van der Waals surface area contributed by atoms with Gasteiger partial charge in [-0.05, 0) is 24.5 Å². The standard InChI is InChI=1S/C13H15FN2O4S/c1-8(2)6-11(13(17)18)16-21(19,20)12-5-3-4-10(14)9(12)7-15/h3-5,8,11,16H,6H2,1-2H3,(H,17,18)/t11-/m0/s1. The van der Waals surface area contributed by atoms with Crippen molar-refractivity contribution in [2.75, 3.05) is 0 Å². The van der Waals surface area contributed by atoms with Crippen LogP contribution in [0.25, 0.3) is 0 Å². The Balaban J connectivity index is 3.21. The molecule has 0 aliphatic heterocycles. The van der Waals surface area contributed by atoms with E-state index in [1.807, 2.05) is 4.72 Å². The summed E-state index contributed by atoms with van der Waals surface area (Å²) in [5.74, 6) is -2.37. The molecule has 0 aliphatic carbocycles. The molecule has 0 spiro atoms. The minimum Gasteiger partial charge on any atom is -0.480 e. The first-order valence-electron chi connectivity index (χ1n) is 6.12. The van der Waals surface area contributed by atoms with Crippen LogP contribution in [-0.2, 0) is 14.8 Å². The Morgan fingerprint density at radius 3 is 2.57 bits per heavy atom. The first-order valence-corrected chi connectivity index (χ1v) is 7.61. The maximum atomic E-state index is 13.5. The average Bonchev–Trinajstić information content (AvgIpc) is 2.36. The molecule has 2 N–H and O–H groups in total. The van der Waals surface area contributed by atoms with Gasteiger partial charge in [0.25, 0.3) is 0 Å². The summed E-state index contributed by atoms with van der Waals surface area (Å²) in [6, 6.07) is 3.28. The number of hydrogen-bond acceptors (Lipinski definition) is 4. The van der Waals surface area contributed by atoms with Gasteiger partial charge in [-0.25, -0.2) is 12.8 Å². The number of aliphatic carboxylic acids is 1. The lowest BCUT2D eigenvalue weighted by molar-refractivity contribution is -0.139. The molecule has 1 atom stereocenters. The van der Waals surface area contributed by atoms with Crippen LogP contribution in [0.5, 0.6) is 0 Å². The molecule has 0 bridgehead atoms. The summed E-state index contributed by atoms with van der Waals surface area (Å²) < 4.78 is 39.8. The number of benzene rings is 1. The summed E-state index contributed by atoms with van der Waals surface area (Å²) in [6.45, 7) is 3.49. The molecule has 6 nitrogen and oxygen atoms in total. The van der Waals surface area contributed by atoms with Gasteiger partial charge in [-0.1, -0.05) is 19.9 Å². The number of halogens is 1. The van der Waals surface area contributed by atoms with Crippen molar-refractivity contribution in [3.8, 4) is 6.07 Å². The fourth-order valence-corrected chi connectivity index (χ4v) is 3.13. The van der Waals surface area contributed by atoms with E-state index >= 15 is 0 Å². The molecule has 0 unspecified atom stereocenters. The Hall–Kier alpha value is -1.98. The molecule has 1 rings (SSSR count). The zero-order chi connectivity index (χ0) is 16.2. The van der Waals surface area contributed by atoms with Crippen LogP contribution >= 0.6 is 0 Å². The van der Waals surface area contributed by atoms with Gasteiger partial charge in [0.15, 0.2) is 0 Å². The van der Waals surface area contributed by atoms with Gasteiger partial charge in [-0.15, -0.1) is 0 Å². The number of nitrogens with zero attached hydrogens (tertiary/aromatic N) is 1. The average molecular weight is 314 g/mol. The van der Waals surface area contributed by atoms with Crippen LogP contribution < -0.4 is 4.72 Å². The van der Waals surface area contributed by atoms with E-state index in [1.54, 1.807) is 13.8 Å². The third-order valence-electron chi connectivity index (χ3n) is 2.68. The molecule has 0 amide bonds. The van der Waals surface area contributed by atoms with Gasteiger partial charge in [0, 0.05) is 0 Å². The van der Waals surface area contributed by atoms with Crippen molar-refractivity contribution in [2.24, 2.45) is 5.92 Å². The highest BCUT2D eigenvalue weighted by Crippen LogP contribution is 2.19. The number of rotatable bonds is 6. The molecule has 0 heterocycles. The quantitative estimate of drug-likeness (QED) is 0.827. The Labute approximate surface area is 122 Å². The number of carboxylic acid groups (broad SMARTS) is 1. The van der Waals surface area contributed by atoms with Crippen molar-refractivity contribution in [3.63, 3.8) is 0 Å². The van der Waals surface area contributed by atoms with Gasteiger partial charge in [0.1, 0.15) is 28.4 Å². The van der Waals surface area contributed by atoms with E-state index in [1.165, 1.54) is 6.07 Å². The first-order chi connectivity index (χ1) is 9.69. The van der Waals surface area contributed by atoms with E-state index in [-0.39, 0.29) is 12.3 Å². The van der Waals surface area contributed by atoms with Crippen LogP contribution in [0.1, 0.15) is 25.8 Å². The third kappa shape index (κ3) is 4.24. The second-order valence-corrected chi connectivity index (χ2v) is 6.55. The van der Waals surface area contributed by atoms with E-state index in [0.29, 0.717) is 0 Å². The SMILES string of the molecule is CC(C)C[C@H](NS(=O)(=O)c1cccc(F)c1C#N)C(=O)O. The molecule has 1 aromatic rings. The predicted molar refractivity (Wildman–Crippen MR) is 72.3 cm³/mol. The molecular formula is C13H15FN2O4S. The fraction of sp³-hybridized carbons (Fsp3) is 0.385. The Morgan fingerprint density at radius 1 is 1.48 bits per heavy atom. The van der Waals surface area contributed by atoms with Crippen LogP contribution in [0.4, 0.5) is 4.39 Å². The highest BCUT2D eigenvalue weighted by molar-refractivity contribution is 7.89. The zero-order valence-electron chi connectivity index (χ0n) is 11.5. The number of carbonyl (C=O) groups is 1. The molecule has 114 valence electrons. The van der Waals surface area contributed by atoms with Gasteiger partial charge < -0.3 is 5.11 Å². The highest BCUT2D eigenvalue weighted by Gasteiger charge is 2.28. The zero-order valence-corrected chi connectivity index (χ0v) is 12.3. The van der Waals surface area contributed by atoms with E-state index in [9.17, 15) is 17.6 Å². The maximum absolute atomic E-state index is 13.5. The molecule has 8 heteroatoms. The minimum atomic E-state index is -4.31. The number of nitriles is 1. The number of nitrogens with one attached hydrogen (secondary N) is 1. The van der Waals surface area contributed by atoms with Gasteiger partial charge >= 0.3 is 5.97 Å². The topological polar surface area (TPSA) is 107 Å². The summed E-state index contributed by atoms with van der Waals surface area (Å²) in [7, 11) is -4.31. The molecular weight excluding hydrogens is 299 g/mol. The minimum absolute atomic E-state index is 0.0586. The summed E-state index contributed by atoms with van der Waals surface area (Å²) in [5, 5.41) is 17.9. The lowest BCUT2D eigenvalue weighted by atomic mass is 10.1. The molecule has 0 saturated carbocycles. The highest BCUT2D eigenvalue weighted by atomic mass is 32.2. The molecule has 0 aliphatic rings. The number of carboxylic acids is 1. The Bertz CT molecular complexity index is 680. The van der Waals surface area contributed by atoms with E-state index < -0.39 is 38.3 Å². The number of hydrogen-bond donors (Lipinski definition) is 2. The summed E-state index contributed by atoms with van der Waals surface area (Å²) in [4.78, 5) is 10.5. The lowest BCUT2D eigenvalue weighted by Gasteiger charge is -2.17. The normalized spacial score (nSPS) is 12.9. The smallest absolute Gasteiger partial charge is 0.321 e. The summed E-state index contributed by atoms with van der Waals surface area (Å²) in [5.41, 5.74) is -0.640. The van der Waals surface area contributed by atoms with Gasteiger partial charge in [-0.2, -0.15) is 9.98 Å². The first kappa shape index (κ1) is 17.1. The van der Waals surface area contributed by atoms with Crippen LogP contribution in [0.15, 0.2) is 23.1 Å². The van der Waals surface area contributed by atoms with Crippen molar-refractivity contribution in [2.45, 2.75) is 31.2 Å². The molecule has 1 aromatic carbocycles. The van der Waals surface area contributed by atoms with Gasteiger partial charge in [0.05, 0.1) is 0 Å². The molecule has 0 fully saturated rings. The van der Waals surface area contributed by atoms with Crippen LogP contribution in [0, 0.1) is 23.1 Å². The number of sulfonamides is 1. The van der Waals surface area contributed by atoms with Crippen LogP contribution in [0.3, 0.4) is 0 Å². The predicted octanol–water partition coefficient (Wildman–Crippen LogP) is 1.47. The molecule has 0 radical (unpaired) electrons. The second-order valence-electron chi connectivity index (χ2n) is 4.87. The maximum Gasteiger partial charge on any atom is 0.321 e. The van der Waals surface area contributed by atoms with Crippen molar-refractivity contribution < 1.29 is 22.7 Å². The van der Waals surface area contributed by atoms with Crippen molar-refractivity contribution in [3.05, 3.63) is 29.6 Å². The van der Waals surface area contributed by atoms with Crippen molar-refractivity contribution in [1.82, 2.24) is 4.72 Å². The molecule has 0 saturated heterocycles. The van der Waals surface area contributed by atoms with Crippen LogP contribution in [-0.4, -0.2) is 25.5 Å². The summed E-state index contributed by atoms with van der Waals surface area (Å²) in [6.07, 6.45) is 0.0752. The second kappa shape index (κ2) is 6.65. The summed E-state index contributed by atoms with van der Waals surface area (Å²) >= 11 is 0. The molecule has 0 aromatic heterocycles. The largest absolute Gasteiger partial charge is 0.480 e.